The molecule has 0 fully saturated rings. The molecule has 0 aliphatic heterocycles. The molecule has 0 bridgehead atoms. The molecule has 0 saturated carbocycles. The molecule has 3 aromatic rings. The molecule has 8 heteroatoms. The van der Waals surface area contributed by atoms with E-state index in [1.54, 1.807) is 36.2 Å². The van der Waals surface area contributed by atoms with E-state index >= 15 is 0 Å². The van der Waals surface area contributed by atoms with E-state index in [4.69, 9.17) is 4.74 Å². The predicted octanol–water partition coefficient (Wildman–Crippen LogP) is 2.87. The fraction of sp³-hybridized carbons (Fsp3) is 0.235. The van der Waals surface area contributed by atoms with Gasteiger partial charge >= 0.3 is 0 Å². The Hall–Kier alpha value is -2.16. The van der Waals surface area contributed by atoms with Gasteiger partial charge in [-0.3, -0.25) is 0 Å². The average Bonchev–Trinajstić information content (AvgIpc) is 3.21. The van der Waals surface area contributed by atoms with Crippen LogP contribution < -0.4 is 9.46 Å². The predicted molar refractivity (Wildman–Crippen MR) is 97.4 cm³/mol. The molecule has 0 radical (unpaired) electrons. The van der Waals surface area contributed by atoms with Gasteiger partial charge in [0, 0.05) is 24.3 Å². The summed E-state index contributed by atoms with van der Waals surface area (Å²) in [5.74, 6) is 1.26. The van der Waals surface area contributed by atoms with Crippen molar-refractivity contribution < 1.29 is 13.2 Å². The Morgan fingerprint density at radius 2 is 2.08 bits per heavy atom. The zero-order valence-corrected chi connectivity index (χ0v) is 15.8. The van der Waals surface area contributed by atoms with Crippen molar-refractivity contribution in [3.05, 3.63) is 65.1 Å². The van der Waals surface area contributed by atoms with Crippen molar-refractivity contribution >= 4 is 21.4 Å². The molecule has 6 nitrogen and oxygen atoms in total. The van der Waals surface area contributed by atoms with Gasteiger partial charge in [-0.25, -0.2) is 13.4 Å². The fourth-order valence-corrected chi connectivity index (χ4v) is 5.00. The summed E-state index contributed by atoms with van der Waals surface area (Å²) in [6.07, 6.45) is 3.43. The van der Waals surface area contributed by atoms with E-state index in [0.717, 1.165) is 10.4 Å². The van der Waals surface area contributed by atoms with Gasteiger partial charge in [0.05, 0.1) is 7.11 Å². The van der Waals surface area contributed by atoms with Crippen molar-refractivity contribution in [3.8, 4) is 5.75 Å². The third-order valence-electron chi connectivity index (χ3n) is 3.80. The highest BCUT2D eigenvalue weighted by atomic mass is 32.2. The Bertz CT molecular complexity index is 976. The summed E-state index contributed by atoms with van der Waals surface area (Å²) in [7, 11) is -0.266. The lowest BCUT2D eigenvalue weighted by Gasteiger charge is -2.19. The summed E-state index contributed by atoms with van der Waals surface area (Å²) in [6, 6.07) is 10.1. The van der Waals surface area contributed by atoms with Gasteiger partial charge < -0.3 is 9.30 Å². The van der Waals surface area contributed by atoms with Crippen LogP contribution >= 0.6 is 11.3 Å². The number of aromatic nitrogens is 2. The van der Waals surface area contributed by atoms with Crippen molar-refractivity contribution in [2.75, 3.05) is 7.11 Å². The van der Waals surface area contributed by atoms with Crippen LogP contribution in [0, 0.1) is 6.92 Å². The van der Waals surface area contributed by atoms with E-state index in [9.17, 15) is 8.42 Å². The number of nitrogens with zero attached hydrogens (tertiary/aromatic N) is 2. The molecule has 0 amide bonds. The van der Waals surface area contributed by atoms with Crippen LogP contribution in [0.1, 0.15) is 22.3 Å². The monoisotopic (exact) mass is 377 g/mol. The largest absolute Gasteiger partial charge is 0.497 e. The summed E-state index contributed by atoms with van der Waals surface area (Å²) >= 11 is 1.24. The molecule has 25 heavy (non-hydrogen) atoms. The molecule has 1 aromatic carbocycles. The number of ether oxygens (including phenoxy) is 1. The van der Waals surface area contributed by atoms with Gasteiger partial charge in [-0.2, -0.15) is 4.72 Å². The van der Waals surface area contributed by atoms with Crippen LogP contribution in [0.25, 0.3) is 0 Å². The maximum absolute atomic E-state index is 12.8. The molecule has 2 aromatic heterocycles. The van der Waals surface area contributed by atoms with Gasteiger partial charge in [-0.15, -0.1) is 11.3 Å². The third kappa shape index (κ3) is 3.76. The summed E-state index contributed by atoms with van der Waals surface area (Å²) in [5, 5.41) is 0. The molecule has 132 valence electrons. The van der Waals surface area contributed by atoms with E-state index in [-0.39, 0.29) is 4.21 Å². The molecule has 0 aliphatic carbocycles. The Morgan fingerprint density at radius 3 is 2.68 bits per heavy atom. The van der Waals surface area contributed by atoms with E-state index in [0.29, 0.717) is 11.6 Å². The molecule has 3 rings (SSSR count). The Balaban J connectivity index is 2.04. The number of hydrogen-bond donors (Lipinski definition) is 1. The first-order valence-corrected chi connectivity index (χ1v) is 9.90. The van der Waals surface area contributed by atoms with E-state index < -0.39 is 16.1 Å². The number of hydrogen-bond acceptors (Lipinski definition) is 5. The average molecular weight is 377 g/mol. The van der Waals surface area contributed by atoms with Crippen LogP contribution in [-0.4, -0.2) is 25.1 Å². The zero-order valence-electron chi connectivity index (χ0n) is 14.1. The second kappa shape index (κ2) is 6.99. The first kappa shape index (κ1) is 17.7. The molecule has 0 spiro atoms. The van der Waals surface area contributed by atoms with Crippen molar-refractivity contribution in [1.29, 1.82) is 0 Å². The quantitative estimate of drug-likeness (QED) is 0.717. The maximum atomic E-state index is 12.8. The highest BCUT2D eigenvalue weighted by molar-refractivity contribution is 7.91. The smallest absolute Gasteiger partial charge is 0.251 e. The lowest BCUT2D eigenvalue weighted by molar-refractivity contribution is 0.413. The van der Waals surface area contributed by atoms with E-state index in [1.807, 2.05) is 38.2 Å². The molecular formula is C17H19N3O3S2. The Kier molecular flexibility index (Phi) is 4.94. The molecule has 2 heterocycles. The van der Waals surface area contributed by atoms with Gasteiger partial charge in [0.2, 0.25) is 0 Å². The van der Waals surface area contributed by atoms with Gasteiger partial charge in [0.1, 0.15) is 21.8 Å². The normalized spacial score (nSPS) is 12.9. The molecule has 1 atom stereocenters. The van der Waals surface area contributed by atoms with Gasteiger partial charge in [0.15, 0.2) is 0 Å². The second-order valence-corrected chi connectivity index (χ2v) is 8.82. The number of rotatable bonds is 6. The van der Waals surface area contributed by atoms with Crippen molar-refractivity contribution in [2.24, 2.45) is 7.05 Å². The summed E-state index contributed by atoms with van der Waals surface area (Å²) in [6.45, 7) is 1.88. The Labute approximate surface area is 151 Å². The standard InChI is InChI=1S/C17H19N3O3S2/c1-12-7-8-15(24-12)25(21,22)19-16(17-18-9-10-20(17)2)13-5-4-6-14(11-13)23-3/h4-11,16,19H,1-3H3/t16-/m0/s1. The number of aryl methyl sites for hydroxylation is 2. The van der Waals surface area contributed by atoms with Crippen molar-refractivity contribution in [3.63, 3.8) is 0 Å². The highest BCUT2D eigenvalue weighted by Gasteiger charge is 2.26. The summed E-state index contributed by atoms with van der Waals surface area (Å²) in [4.78, 5) is 5.27. The van der Waals surface area contributed by atoms with Crippen LogP contribution in [-0.2, 0) is 17.1 Å². The number of sulfonamides is 1. The number of imidazole rings is 1. The van der Waals surface area contributed by atoms with Crippen LogP contribution in [0.5, 0.6) is 5.75 Å². The first-order valence-electron chi connectivity index (χ1n) is 7.60. The number of methoxy groups -OCH3 is 1. The molecule has 0 aliphatic rings. The van der Waals surface area contributed by atoms with Crippen molar-refractivity contribution in [1.82, 2.24) is 14.3 Å². The van der Waals surface area contributed by atoms with Gasteiger partial charge in [-0.1, -0.05) is 12.1 Å². The lowest BCUT2D eigenvalue weighted by Crippen LogP contribution is -2.30. The van der Waals surface area contributed by atoms with E-state index in [2.05, 4.69) is 9.71 Å². The summed E-state index contributed by atoms with van der Waals surface area (Å²) in [5.41, 5.74) is 0.755. The Morgan fingerprint density at radius 1 is 1.28 bits per heavy atom. The number of nitrogens with one attached hydrogen (secondary N) is 1. The minimum absolute atomic E-state index is 0.284. The van der Waals surface area contributed by atoms with Crippen LogP contribution in [0.4, 0.5) is 0 Å². The minimum atomic E-state index is -3.67. The second-order valence-electron chi connectivity index (χ2n) is 5.59. The van der Waals surface area contributed by atoms with Gasteiger partial charge in [0.25, 0.3) is 10.0 Å². The highest BCUT2D eigenvalue weighted by Crippen LogP contribution is 2.28. The molecular weight excluding hydrogens is 358 g/mol. The van der Waals surface area contributed by atoms with Crippen LogP contribution in [0.15, 0.2) is 53.0 Å². The zero-order chi connectivity index (χ0) is 18.0. The minimum Gasteiger partial charge on any atom is -0.497 e. The lowest BCUT2D eigenvalue weighted by atomic mass is 10.1. The third-order valence-corrected chi connectivity index (χ3v) is 6.71. The summed E-state index contributed by atoms with van der Waals surface area (Å²) < 4.78 is 35.8. The van der Waals surface area contributed by atoms with E-state index in [1.165, 1.54) is 11.3 Å². The number of thiophene rings is 1. The topological polar surface area (TPSA) is 73.2 Å². The first-order chi connectivity index (χ1) is 11.9. The van der Waals surface area contributed by atoms with Crippen molar-refractivity contribution in [2.45, 2.75) is 17.2 Å². The molecule has 1 N–H and O–H groups in total. The van der Waals surface area contributed by atoms with Crippen LogP contribution in [0.2, 0.25) is 0 Å². The molecule has 0 unspecified atom stereocenters. The van der Waals surface area contributed by atoms with Gasteiger partial charge in [-0.05, 0) is 36.8 Å². The fourth-order valence-electron chi connectivity index (χ4n) is 2.52. The van der Waals surface area contributed by atoms with Crippen LogP contribution in [0.3, 0.4) is 0 Å². The SMILES string of the molecule is COc1cccc([C@H](NS(=O)(=O)c2ccc(C)s2)c2nccn2C)c1. The maximum Gasteiger partial charge on any atom is 0.251 e. The number of benzene rings is 1. The molecule has 0 saturated heterocycles.